The molecule has 1 atom stereocenters. The topological polar surface area (TPSA) is 52.9 Å². The highest BCUT2D eigenvalue weighted by Crippen LogP contribution is 2.05. The van der Waals surface area contributed by atoms with Gasteiger partial charge in [-0.15, -0.1) is 0 Å². The normalized spacial score (nSPS) is 11.4. The van der Waals surface area contributed by atoms with Gasteiger partial charge in [0, 0.05) is 12.1 Å². The van der Waals surface area contributed by atoms with E-state index < -0.39 is 5.92 Å². The number of carbonyl (C=O) groups excluding carboxylic acids is 1. The molecule has 60 valence electrons. The summed E-state index contributed by atoms with van der Waals surface area (Å²) in [6.45, 7) is 7.54. The second-order valence-electron chi connectivity index (χ2n) is 2.25. The van der Waals surface area contributed by atoms with Crippen LogP contribution in [-0.4, -0.2) is 12.5 Å². The van der Waals surface area contributed by atoms with Crippen LogP contribution in [-0.2, 0) is 4.79 Å². The van der Waals surface area contributed by atoms with Gasteiger partial charge in [0.15, 0.2) is 0 Å². The fourth-order valence-corrected chi connectivity index (χ4v) is 0.582. The van der Waals surface area contributed by atoms with Crippen molar-refractivity contribution in [3.8, 4) is 6.07 Å². The van der Waals surface area contributed by atoms with Crippen molar-refractivity contribution in [2.75, 3.05) is 6.54 Å². The Morgan fingerprint density at radius 1 is 1.82 bits per heavy atom. The van der Waals surface area contributed by atoms with Crippen LogP contribution in [0.15, 0.2) is 12.2 Å². The summed E-state index contributed by atoms with van der Waals surface area (Å²) in [6, 6.07) is 1.85. The first kappa shape index (κ1) is 9.70. The molecule has 0 heterocycles. The van der Waals surface area contributed by atoms with Crippen LogP contribution in [0.3, 0.4) is 0 Å². The number of nitrogens with zero attached hydrogens (tertiary/aromatic N) is 1. The summed E-state index contributed by atoms with van der Waals surface area (Å²) in [7, 11) is 0. The van der Waals surface area contributed by atoms with Gasteiger partial charge >= 0.3 is 0 Å². The number of rotatable bonds is 3. The number of hydrogen-bond acceptors (Lipinski definition) is 2. The molecule has 0 radical (unpaired) electrons. The fraction of sp³-hybridized carbons (Fsp3) is 0.500. The first-order chi connectivity index (χ1) is 5.13. The van der Waals surface area contributed by atoms with E-state index in [4.69, 9.17) is 5.26 Å². The van der Waals surface area contributed by atoms with E-state index in [1.54, 1.807) is 6.92 Å². The van der Waals surface area contributed by atoms with Crippen molar-refractivity contribution in [3.05, 3.63) is 12.2 Å². The van der Waals surface area contributed by atoms with Crippen molar-refractivity contribution < 1.29 is 4.79 Å². The molecular formula is C8H12N2O. The number of hydrogen-bond donors (Lipinski definition) is 1. The number of nitrogens with one attached hydrogen (secondary N) is 1. The summed E-state index contributed by atoms with van der Waals surface area (Å²) in [4.78, 5) is 11.0. The first-order valence-electron chi connectivity index (χ1n) is 3.50. The first-order valence-corrected chi connectivity index (χ1v) is 3.50. The third-order valence-corrected chi connectivity index (χ3v) is 1.41. The number of amides is 1. The molecule has 0 aromatic carbocycles. The Bertz CT molecular complexity index is 203. The van der Waals surface area contributed by atoms with E-state index in [2.05, 4.69) is 11.9 Å². The lowest BCUT2D eigenvalue weighted by molar-refractivity contribution is -0.123. The minimum atomic E-state index is -0.403. The third-order valence-electron chi connectivity index (χ3n) is 1.41. The highest BCUT2D eigenvalue weighted by Gasteiger charge is 2.14. The van der Waals surface area contributed by atoms with Crippen LogP contribution >= 0.6 is 0 Å². The van der Waals surface area contributed by atoms with E-state index in [0.29, 0.717) is 12.1 Å². The van der Waals surface area contributed by atoms with Gasteiger partial charge in [0.1, 0.15) is 0 Å². The van der Waals surface area contributed by atoms with Crippen LogP contribution in [0, 0.1) is 17.2 Å². The molecule has 0 saturated carbocycles. The van der Waals surface area contributed by atoms with Gasteiger partial charge in [-0.3, -0.25) is 4.79 Å². The molecule has 11 heavy (non-hydrogen) atoms. The van der Waals surface area contributed by atoms with E-state index in [1.807, 2.05) is 13.0 Å². The van der Waals surface area contributed by atoms with Crippen molar-refractivity contribution in [2.24, 2.45) is 5.92 Å². The largest absolute Gasteiger partial charge is 0.356 e. The molecule has 1 unspecified atom stereocenters. The summed E-state index contributed by atoms with van der Waals surface area (Å²) in [6.07, 6.45) is 0. The Balaban J connectivity index is 4.05. The molecule has 0 aliphatic rings. The molecule has 0 rings (SSSR count). The average molecular weight is 152 g/mol. The van der Waals surface area contributed by atoms with Crippen molar-refractivity contribution in [1.82, 2.24) is 5.32 Å². The smallest absolute Gasteiger partial charge is 0.227 e. The van der Waals surface area contributed by atoms with Gasteiger partial charge in [-0.2, -0.15) is 5.26 Å². The standard InChI is InChI=1S/C8H12N2O/c1-4-10-8(11)7(3)6(2)5-9/h7H,2,4H2,1,3H3,(H,10,11). The zero-order chi connectivity index (χ0) is 8.85. The van der Waals surface area contributed by atoms with E-state index in [9.17, 15) is 4.79 Å². The third kappa shape index (κ3) is 2.85. The molecule has 1 amide bonds. The van der Waals surface area contributed by atoms with Crippen LogP contribution in [0.5, 0.6) is 0 Å². The molecule has 0 aromatic heterocycles. The van der Waals surface area contributed by atoms with Crippen molar-refractivity contribution in [3.63, 3.8) is 0 Å². The lowest BCUT2D eigenvalue weighted by Gasteiger charge is -2.07. The zero-order valence-corrected chi connectivity index (χ0v) is 6.85. The number of nitriles is 1. The van der Waals surface area contributed by atoms with Gasteiger partial charge in [-0.05, 0) is 13.8 Å². The molecule has 0 saturated heterocycles. The maximum Gasteiger partial charge on any atom is 0.227 e. The minimum Gasteiger partial charge on any atom is -0.356 e. The SMILES string of the molecule is C=C(C#N)C(C)C(=O)NCC. The second kappa shape index (κ2) is 4.51. The molecule has 0 fully saturated rings. The van der Waals surface area contributed by atoms with Crippen LogP contribution in [0.4, 0.5) is 0 Å². The highest BCUT2D eigenvalue weighted by molar-refractivity contribution is 5.81. The van der Waals surface area contributed by atoms with E-state index in [1.165, 1.54) is 0 Å². The van der Waals surface area contributed by atoms with Gasteiger partial charge in [-0.1, -0.05) is 6.58 Å². The van der Waals surface area contributed by atoms with Crippen LogP contribution in [0.1, 0.15) is 13.8 Å². The van der Waals surface area contributed by atoms with Gasteiger partial charge < -0.3 is 5.32 Å². The maximum absolute atomic E-state index is 11.0. The maximum atomic E-state index is 11.0. The van der Waals surface area contributed by atoms with Crippen molar-refractivity contribution >= 4 is 5.91 Å². The summed E-state index contributed by atoms with van der Waals surface area (Å²) >= 11 is 0. The molecule has 0 spiro atoms. The fourth-order valence-electron chi connectivity index (χ4n) is 0.582. The highest BCUT2D eigenvalue weighted by atomic mass is 16.1. The van der Waals surface area contributed by atoms with Crippen LogP contribution < -0.4 is 5.32 Å². The molecule has 0 aliphatic carbocycles. The lowest BCUT2D eigenvalue weighted by Crippen LogP contribution is -2.29. The Morgan fingerprint density at radius 2 is 2.36 bits per heavy atom. The quantitative estimate of drug-likeness (QED) is 0.609. The summed E-state index contributed by atoms with van der Waals surface area (Å²) in [5.41, 5.74) is 0.302. The predicted octanol–water partition coefficient (Wildman–Crippen LogP) is 0.838. The van der Waals surface area contributed by atoms with Gasteiger partial charge in [0.2, 0.25) is 5.91 Å². The zero-order valence-electron chi connectivity index (χ0n) is 6.85. The van der Waals surface area contributed by atoms with E-state index in [0.717, 1.165) is 0 Å². The molecule has 3 heteroatoms. The molecule has 3 nitrogen and oxygen atoms in total. The molecule has 1 N–H and O–H groups in total. The Labute approximate surface area is 66.7 Å². The van der Waals surface area contributed by atoms with Gasteiger partial charge in [-0.25, -0.2) is 0 Å². The molecular weight excluding hydrogens is 140 g/mol. The van der Waals surface area contributed by atoms with Crippen LogP contribution in [0.25, 0.3) is 0 Å². The average Bonchev–Trinajstić information content (AvgIpc) is 2.02. The predicted molar refractivity (Wildman–Crippen MR) is 42.6 cm³/mol. The van der Waals surface area contributed by atoms with Gasteiger partial charge in [0.25, 0.3) is 0 Å². The Hall–Kier alpha value is -1.30. The van der Waals surface area contributed by atoms with E-state index in [-0.39, 0.29) is 5.91 Å². The number of carbonyl (C=O) groups is 1. The van der Waals surface area contributed by atoms with E-state index >= 15 is 0 Å². The lowest BCUT2D eigenvalue weighted by atomic mass is 10.0. The summed E-state index contributed by atoms with van der Waals surface area (Å²) < 4.78 is 0. The summed E-state index contributed by atoms with van der Waals surface area (Å²) in [5, 5.41) is 11.0. The Kier molecular flexibility index (Phi) is 3.97. The molecule has 0 aromatic rings. The Morgan fingerprint density at radius 3 is 2.73 bits per heavy atom. The second-order valence-corrected chi connectivity index (χ2v) is 2.25. The molecule has 0 aliphatic heterocycles. The van der Waals surface area contributed by atoms with Crippen LogP contribution in [0.2, 0.25) is 0 Å². The molecule has 0 bridgehead atoms. The van der Waals surface area contributed by atoms with Crippen molar-refractivity contribution in [2.45, 2.75) is 13.8 Å². The van der Waals surface area contributed by atoms with Crippen molar-refractivity contribution in [1.29, 1.82) is 5.26 Å². The monoisotopic (exact) mass is 152 g/mol. The van der Waals surface area contributed by atoms with Gasteiger partial charge in [0.05, 0.1) is 12.0 Å². The minimum absolute atomic E-state index is 0.140. The summed E-state index contributed by atoms with van der Waals surface area (Å²) in [5.74, 6) is -0.543.